The fourth-order valence-electron chi connectivity index (χ4n) is 14.7. The fourth-order valence-corrected chi connectivity index (χ4v) is 14.7. The standard InChI is InChI=1S/C65H51N3O/c1-63(2)52-16-5-3-14-48(52)50-28-24-45(36-57(50)63)62-67-60(40-22-26-47(27-23-40)64-31-30-43-32-39(37-64)33-46(43)38-64)66-61(68-62)44-13-11-12-41(34-44)42-25-29-54-51(35-42)49-15-4-6-17-53(49)65(54)55-18-7-9-20-58(55)69-59-21-10-8-19-56(59)65/h3-29,34-36,39,43,46H,30-33,37-38H2,1-2H3/t39-,43+,46?,64?/m1/s1. The third-order valence-electron chi connectivity index (χ3n) is 17.8. The number of hydrogen-bond donors (Lipinski definition) is 0. The molecule has 5 aliphatic carbocycles. The van der Waals surface area contributed by atoms with Gasteiger partial charge in [-0.15, -0.1) is 0 Å². The SMILES string of the molecule is CC1(C)c2ccccc2-c2ccc(-c3nc(-c4ccc(C56CC[C@H]7C[C@H](CC7C5)C6)cc4)nc(-c4cccc(-c5ccc6c(c5)-c5ccccc5C65c6ccccc6Oc6ccccc65)c4)n3)cc21. The van der Waals surface area contributed by atoms with Gasteiger partial charge in [-0.05, 0) is 153 Å². The van der Waals surface area contributed by atoms with Crippen molar-refractivity contribution in [2.75, 3.05) is 0 Å². The first-order chi connectivity index (χ1) is 33.8. The van der Waals surface area contributed by atoms with Crippen molar-refractivity contribution in [1.82, 2.24) is 15.0 Å². The highest BCUT2D eigenvalue weighted by atomic mass is 16.5. The third kappa shape index (κ3) is 5.60. The van der Waals surface area contributed by atoms with Gasteiger partial charge in [0.2, 0.25) is 0 Å². The molecule has 1 aromatic heterocycles. The van der Waals surface area contributed by atoms with E-state index in [0.29, 0.717) is 22.9 Å². The third-order valence-corrected chi connectivity index (χ3v) is 17.8. The zero-order chi connectivity index (χ0) is 45.6. The summed E-state index contributed by atoms with van der Waals surface area (Å²) in [5, 5.41) is 0. The van der Waals surface area contributed by atoms with Crippen molar-refractivity contribution in [1.29, 1.82) is 0 Å². The van der Waals surface area contributed by atoms with E-state index in [0.717, 1.165) is 57.1 Å². The maximum Gasteiger partial charge on any atom is 0.164 e. The molecule has 3 bridgehead atoms. The smallest absolute Gasteiger partial charge is 0.164 e. The van der Waals surface area contributed by atoms with Crippen molar-refractivity contribution in [3.8, 4) is 79.0 Å². The van der Waals surface area contributed by atoms with Crippen LogP contribution in [0.2, 0.25) is 0 Å². The Balaban J connectivity index is 0.854. The van der Waals surface area contributed by atoms with E-state index in [1.165, 1.54) is 99.7 Å². The minimum Gasteiger partial charge on any atom is -0.457 e. The molecule has 15 rings (SSSR count). The summed E-state index contributed by atoms with van der Waals surface area (Å²) in [6.07, 6.45) is 8.33. The minimum absolute atomic E-state index is 0.143. The maximum atomic E-state index is 6.59. The van der Waals surface area contributed by atoms with Gasteiger partial charge in [0, 0.05) is 33.2 Å². The largest absolute Gasteiger partial charge is 0.457 e. The summed E-state index contributed by atoms with van der Waals surface area (Å²) in [6.45, 7) is 4.67. The average molecular weight is 890 g/mol. The molecule has 3 fully saturated rings. The Bertz CT molecular complexity index is 3570. The molecule has 69 heavy (non-hydrogen) atoms. The van der Waals surface area contributed by atoms with Crippen molar-refractivity contribution in [3.05, 3.63) is 221 Å². The van der Waals surface area contributed by atoms with Crippen LogP contribution in [0.1, 0.15) is 91.3 Å². The quantitative estimate of drug-likeness (QED) is 0.173. The zero-order valence-electron chi connectivity index (χ0n) is 39.0. The molecule has 0 radical (unpaired) electrons. The van der Waals surface area contributed by atoms with Crippen molar-refractivity contribution in [3.63, 3.8) is 0 Å². The van der Waals surface area contributed by atoms with Crippen molar-refractivity contribution in [2.45, 2.75) is 68.6 Å². The number of aromatic nitrogens is 3. The summed E-state index contributed by atoms with van der Waals surface area (Å²) >= 11 is 0. The molecule has 4 nitrogen and oxygen atoms in total. The Morgan fingerprint density at radius 1 is 0.420 bits per heavy atom. The first-order valence-corrected chi connectivity index (χ1v) is 25.2. The van der Waals surface area contributed by atoms with Gasteiger partial charge in [0.05, 0.1) is 5.41 Å². The van der Waals surface area contributed by atoms with Crippen LogP contribution in [0.4, 0.5) is 0 Å². The minimum atomic E-state index is -0.502. The van der Waals surface area contributed by atoms with Crippen LogP contribution in [0, 0.1) is 17.8 Å². The van der Waals surface area contributed by atoms with E-state index in [9.17, 15) is 0 Å². The number of fused-ring (bicyclic) bond motifs is 14. The summed E-state index contributed by atoms with van der Waals surface area (Å²) in [4.78, 5) is 16.0. The van der Waals surface area contributed by atoms with Crippen molar-refractivity contribution < 1.29 is 4.74 Å². The molecule has 1 aliphatic heterocycles. The summed E-state index contributed by atoms with van der Waals surface area (Å²) < 4.78 is 6.59. The lowest BCUT2D eigenvalue weighted by Gasteiger charge is -2.45. The van der Waals surface area contributed by atoms with E-state index in [1.54, 1.807) is 0 Å². The molecule has 4 heteroatoms. The molecule has 0 N–H and O–H groups in total. The summed E-state index contributed by atoms with van der Waals surface area (Å²) in [7, 11) is 0. The van der Waals surface area contributed by atoms with E-state index in [2.05, 4.69) is 196 Å². The Labute approximate surface area is 404 Å². The molecule has 3 saturated carbocycles. The second-order valence-electron chi connectivity index (χ2n) is 21.6. The van der Waals surface area contributed by atoms with Crippen molar-refractivity contribution >= 4 is 0 Å². The van der Waals surface area contributed by atoms with Gasteiger partial charge in [0.15, 0.2) is 17.5 Å². The van der Waals surface area contributed by atoms with Gasteiger partial charge in [-0.1, -0.05) is 166 Å². The maximum absolute atomic E-state index is 6.59. The number of para-hydroxylation sites is 2. The molecule has 1 spiro atoms. The van der Waals surface area contributed by atoms with Crippen molar-refractivity contribution in [2.24, 2.45) is 17.8 Å². The molecular weight excluding hydrogens is 839 g/mol. The van der Waals surface area contributed by atoms with Gasteiger partial charge in [0.25, 0.3) is 0 Å². The lowest BCUT2D eigenvalue weighted by molar-refractivity contribution is 0.139. The predicted octanol–water partition coefficient (Wildman–Crippen LogP) is 15.8. The van der Waals surface area contributed by atoms with Crippen LogP contribution in [-0.4, -0.2) is 15.0 Å². The topological polar surface area (TPSA) is 47.9 Å². The van der Waals surface area contributed by atoms with E-state index in [1.807, 2.05) is 0 Å². The predicted molar refractivity (Wildman–Crippen MR) is 276 cm³/mol. The number of benzene rings is 8. The Morgan fingerprint density at radius 2 is 0.971 bits per heavy atom. The van der Waals surface area contributed by atoms with Crippen LogP contribution < -0.4 is 4.74 Å². The number of rotatable bonds is 5. The molecule has 9 aromatic rings. The molecule has 2 unspecified atom stereocenters. The highest BCUT2D eigenvalue weighted by molar-refractivity contribution is 5.91. The summed E-state index contributed by atoms with van der Waals surface area (Å²) in [5.74, 6) is 6.65. The lowest BCUT2D eigenvalue weighted by atomic mass is 9.59. The highest BCUT2D eigenvalue weighted by Gasteiger charge is 2.53. The van der Waals surface area contributed by atoms with E-state index in [4.69, 9.17) is 19.7 Å². The molecule has 8 aromatic carbocycles. The molecule has 6 aliphatic rings. The Morgan fingerprint density at radius 3 is 1.72 bits per heavy atom. The van der Waals surface area contributed by atoms with Crippen LogP contribution in [0.3, 0.4) is 0 Å². The molecule has 0 saturated heterocycles. The highest BCUT2D eigenvalue weighted by Crippen LogP contribution is 2.63. The molecule has 2 heterocycles. The van der Waals surface area contributed by atoms with Gasteiger partial charge in [-0.3, -0.25) is 0 Å². The summed E-state index contributed by atoms with van der Waals surface area (Å²) in [5.41, 5.74) is 19.1. The first-order valence-electron chi connectivity index (χ1n) is 25.2. The van der Waals surface area contributed by atoms with E-state index in [-0.39, 0.29) is 5.41 Å². The number of ether oxygens (including phenoxy) is 1. The molecule has 0 amide bonds. The zero-order valence-corrected chi connectivity index (χ0v) is 39.0. The van der Waals surface area contributed by atoms with Crippen LogP contribution >= 0.6 is 0 Å². The van der Waals surface area contributed by atoms with E-state index >= 15 is 0 Å². The second kappa shape index (κ2) is 14.3. The van der Waals surface area contributed by atoms with Crippen LogP contribution in [0.15, 0.2) is 182 Å². The first kappa shape index (κ1) is 39.6. The monoisotopic (exact) mass is 889 g/mol. The average Bonchev–Trinajstić information content (AvgIpc) is 3.91. The van der Waals surface area contributed by atoms with Gasteiger partial charge < -0.3 is 4.74 Å². The normalized spacial score (nSPS) is 22.0. The Hall–Kier alpha value is -7.43. The molecule has 4 atom stereocenters. The Kier molecular flexibility index (Phi) is 8.20. The summed E-state index contributed by atoms with van der Waals surface area (Å²) in [6, 6.07) is 66.9. The fraction of sp³-hybridized carbons (Fsp3) is 0.215. The lowest BCUT2D eigenvalue weighted by Crippen LogP contribution is -2.37. The van der Waals surface area contributed by atoms with Crippen LogP contribution in [0.25, 0.3) is 67.5 Å². The van der Waals surface area contributed by atoms with Crippen LogP contribution in [-0.2, 0) is 16.2 Å². The number of hydrogen-bond acceptors (Lipinski definition) is 4. The number of nitrogens with zero attached hydrogens (tertiary/aromatic N) is 3. The molecular formula is C65H51N3O. The van der Waals surface area contributed by atoms with Gasteiger partial charge in [0.1, 0.15) is 11.5 Å². The van der Waals surface area contributed by atoms with E-state index < -0.39 is 5.41 Å². The van der Waals surface area contributed by atoms with Gasteiger partial charge >= 0.3 is 0 Å². The second-order valence-corrected chi connectivity index (χ2v) is 21.6. The van der Waals surface area contributed by atoms with Gasteiger partial charge in [-0.25, -0.2) is 15.0 Å². The molecule has 332 valence electrons. The van der Waals surface area contributed by atoms with Gasteiger partial charge in [-0.2, -0.15) is 0 Å². The van der Waals surface area contributed by atoms with Crippen LogP contribution in [0.5, 0.6) is 11.5 Å².